The third-order valence-electron chi connectivity index (χ3n) is 3.09. The fourth-order valence-electron chi connectivity index (χ4n) is 2.21. The third-order valence-corrected chi connectivity index (χ3v) is 3.09. The highest BCUT2D eigenvalue weighted by Gasteiger charge is 2.06. The van der Waals surface area contributed by atoms with Crippen LogP contribution in [0.5, 0.6) is 0 Å². The Morgan fingerprint density at radius 3 is 2.94 bits per heavy atom. The fourth-order valence-corrected chi connectivity index (χ4v) is 2.21. The Morgan fingerprint density at radius 1 is 1.39 bits per heavy atom. The molecule has 1 aromatic carbocycles. The van der Waals surface area contributed by atoms with E-state index in [-0.39, 0.29) is 0 Å². The molecule has 1 aromatic heterocycles. The summed E-state index contributed by atoms with van der Waals surface area (Å²) in [5.74, 6) is 1.07. The lowest BCUT2D eigenvalue weighted by Gasteiger charge is -2.13. The number of methoxy groups -OCH3 is 1. The third kappa shape index (κ3) is 2.89. The van der Waals surface area contributed by atoms with E-state index in [4.69, 9.17) is 4.74 Å². The molecule has 0 saturated heterocycles. The Bertz CT molecular complexity index is 507. The summed E-state index contributed by atoms with van der Waals surface area (Å²) in [4.78, 5) is 4.56. The van der Waals surface area contributed by atoms with Crippen LogP contribution in [0, 0.1) is 6.92 Å². The molecule has 1 heterocycles. The van der Waals surface area contributed by atoms with Gasteiger partial charge in [-0.25, -0.2) is 4.98 Å². The van der Waals surface area contributed by atoms with Crippen molar-refractivity contribution in [3.8, 4) is 0 Å². The van der Waals surface area contributed by atoms with Gasteiger partial charge in [0.15, 0.2) is 0 Å². The van der Waals surface area contributed by atoms with E-state index >= 15 is 0 Å². The van der Waals surface area contributed by atoms with Gasteiger partial charge in [-0.15, -0.1) is 0 Å². The molecule has 0 spiro atoms. The van der Waals surface area contributed by atoms with Crippen molar-refractivity contribution < 1.29 is 4.74 Å². The van der Waals surface area contributed by atoms with Gasteiger partial charge in [0.1, 0.15) is 5.82 Å². The predicted octanol–water partition coefficient (Wildman–Crippen LogP) is 1.97. The first-order valence-corrected chi connectivity index (χ1v) is 6.36. The summed E-state index contributed by atoms with van der Waals surface area (Å²) in [5.41, 5.74) is 2.27. The van der Waals surface area contributed by atoms with Crippen LogP contribution >= 0.6 is 0 Å². The van der Waals surface area contributed by atoms with Crippen LogP contribution in [0.25, 0.3) is 11.0 Å². The molecule has 18 heavy (non-hydrogen) atoms. The van der Waals surface area contributed by atoms with Crippen molar-refractivity contribution in [2.75, 3.05) is 20.3 Å². The average molecular weight is 247 g/mol. The van der Waals surface area contributed by atoms with E-state index in [1.165, 1.54) is 5.52 Å². The second-order valence-corrected chi connectivity index (χ2v) is 4.61. The summed E-state index contributed by atoms with van der Waals surface area (Å²) in [6, 6.07) is 8.64. The first-order chi connectivity index (χ1) is 8.72. The molecule has 98 valence electrons. The molecule has 0 fully saturated rings. The lowest BCUT2D eigenvalue weighted by atomic mass is 10.3. The van der Waals surface area contributed by atoms with Gasteiger partial charge in [0, 0.05) is 26.2 Å². The van der Waals surface area contributed by atoms with Gasteiger partial charge in [-0.3, -0.25) is 0 Å². The molecular weight excluding hydrogens is 226 g/mol. The first kappa shape index (κ1) is 13.1. The Balaban J connectivity index is 2.01. The molecule has 2 aromatic rings. The van der Waals surface area contributed by atoms with E-state index in [9.17, 15) is 0 Å². The van der Waals surface area contributed by atoms with Gasteiger partial charge < -0.3 is 14.6 Å². The normalized spacial score (nSPS) is 13.1. The Morgan fingerprint density at radius 2 is 2.17 bits per heavy atom. The standard InChI is InChI=1S/C14H21N3O/c1-11(10-18-3)15-8-9-17-12(2)16-13-6-4-5-7-14(13)17/h4-7,11,15H,8-10H2,1-3H3. The van der Waals surface area contributed by atoms with Gasteiger partial charge in [-0.1, -0.05) is 12.1 Å². The molecule has 1 atom stereocenters. The van der Waals surface area contributed by atoms with Crippen molar-refractivity contribution in [3.63, 3.8) is 0 Å². The number of hydrogen-bond donors (Lipinski definition) is 1. The molecule has 0 amide bonds. The Labute approximate surface area is 108 Å². The number of aromatic nitrogens is 2. The summed E-state index contributed by atoms with van der Waals surface area (Å²) >= 11 is 0. The van der Waals surface area contributed by atoms with Crippen molar-refractivity contribution in [2.45, 2.75) is 26.4 Å². The molecule has 1 N–H and O–H groups in total. The van der Waals surface area contributed by atoms with Crippen molar-refractivity contribution in [3.05, 3.63) is 30.1 Å². The fraction of sp³-hybridized carbons (Fsp3) is 0.500. The van der Waals surface area contributed by atoms with E-state index in [2.05, 4.69) is 46.9 Å². The minimum Gasteiger partial charge on any atom is -0.383 e. The van der Waals surface area contributed by atoms with Gasteiger partial charge >= 0.3 is 0 Å². The minimum atomic E-state index is 0.380. The van der Waals surface area contributed by atoms with E-state index in [0.717, 1.165) is 31.0 Å². The Hall–Kier alpha value is -1.39. The van der Waals surface area contributed by atoms with E-state index in [0.29, 0.717) is 6.04 Å². The lowest BCUT2D eigenvalue weighted by Crippen LogP contribution is -2.32. The van der Waals surface area contributed by atoms with Crippen LogP contribution in [0.4, 0.5) is 0 Å². The van der Waals surface area contributed by atoms with Gasteiger partial charge in [0.25, 0.3) is 0 Å². The number of hydrogen-bond acceptors (Lipinski definition) is 3. The number of fused-ring (bicyclic) bond motifs is 1. The lowest BCUT2D eigenvalue weighted by molar-refractivity contribution is 0.172. The maximum absolute atomic E-state index is 5.10. The Kier molecular flexibility index (Phi) is 4.33. The van der Waals surface area contributed by atoms with Crippen LogP contribution in [0.2, 0.25) is 0 Å². The molecule has 1 unspecified atom stereocenters. The number of nitrogens with one attached hydrogen (secondary N) is 1. The van der Waals surface area contributed by atoms with Crippen molar-refractivity contribution in [1.82, 2.24) is 14.9 Å². The molecule has 4 heteroatoms. The number of ether oxygens (including phenoxy) is 1. The van der Waals surface area contributed by atoms with Crippen LogP contribution in [-0.4, -0.2) is 35.9 Å². The summed E-state index contributed by atoms with van der Waals surface area (Å²) in [5, 5.41) is 3.44. The molecule has 2 rings (SSSR count). The van der Waals surface area contributed by atoms with Gasteiger partial charge in [0.05, 0.1) is 17.6 Å². The number of aryl methyl sites for hydroxylation is 1. The number of para-hydroxylation sites is 2. The summed E-state index contributed by atoms with van der Waals surface area (Å²) < 4.78 is 7.36. The highest BCUT2D eigenvalue weighted by atomic mass is 16.5. The summed E-state index contributed by atoms with van der Waals surface area (Å²) in [6.07, 6.45) is 0. The monoisotopic (exact) mass is 247 g/mol. The van der Waals surface area contributed by atoms with E-state index in [1.54, 1.807) is 7.11 Å². The maximum atomic E-state index is 5.10. The average Bonchev–Trinajstić information content (AvgIpc) is 2.66. The summed E-state index contributed by atoms with van der Waals surface area (Å²) in [6.45, 7) is 6.77. The minimum absolute atomic E-state index is 0.380. The highest BCUT2D eigenvalue weighted by molar-refractivity contribution is 5.75. The van der Waals surface area contributed by atoms with Crippen molar-refractivity contribution in [1.29, 1.82) is 0 Å². The van der Waals surface area contributed by atoms with Gasteiger partial charge in [0.2, 0.25) is 0 Å². The molecule has 0 radical (unpaired) electrons. The van der Waals surface area contributed by atoms with E-state index < -0.39 is 0 Å². The predicted molar refractivity (Wildman–Crippen MR) is 73.8 cm³/mol. The topological polar surface area (TPSA) is 39.1 Å². The molecular formula is C14H21N3O. The molecule has 0 aliphatic rings. The zero-order chi connectivity index (χ0) is 13.0. The number of nitrogens with zero attached hydrogens (tertiary/aromatic N) is 2. The molecule has 0 aliphatic carbocycles. The van der Waals surface area contributed by atoms with Crippen LogP contribution in [0.15, 0.2) is 24.3 Å². The largest absolute Gasteiger partial charge is 0.383 e. The van der Waals surface area contributed by atoms with Crippen LogP contribution in [-0.2, 0) is 11.3 Å². The molecule has 0 aliphatic heterocycles. The van der Waals surface area contributed by atoms with Crippen LogP contribution < -0.4 is 5.32 Å². The highest BCUT2D eigenvalue weighted by Crippen LogP contribution is 2.14. The van der Waals surface area contributed by atoms with Crippen molar-refractivity contribution >= 4 is 11.0 Å². The van der Waals surface area contributed by atoms with Gasteiger partial charge in [-0.05, 0) is 26.0 Å². The van der Waals surface area contributed by atoms with Crippen molar-refractivity contribution in [2.24, 2.45) is 0 Å². The van der Waals surface area contributed by atoms with Crippen LogP contribution in [0.1, 0.15) is 12.7 Å². The molecule has 0 bridgehead atoms. The molecule has 0 saturated carbocycles. The number of rotatable bonds is 6. The number of benzene rings is 1. The quantitative estimate of drug-likeness (QED) is 0.848. The smallest absolute Gasteiger partial charge is 0.106 e. The zero-order valence-electron chi connectivity index (χ0n) is 11.3. The van der Waals surface area contributed by atoms with Crippen LogP contribution in [0.3, 0.4) is 0 Å². The number of imidazole rings is 1. The SMILES string of the molecule is COCC(C)NCCn1c(C)nc2ccccc21. The van der Waals surface area contributed by atoms with E-state index in [1.807, 2.05) is 6.07 Å². The first-order valence-electron chi connectivity index (χ1n) is 6.36. The zero-order valence-corrected chi connectivity index (χ0v) is 11.3. The second kappa shape index (κ2) is 5.98. The second-order valence-electron chi connectivity index (χ2n) is 4.61. The van der Waals surface area contributed by atoms with Gasteiger partial charge in [-0.2, -0.15) is 0 Å². The maximum Gasteiger partial charge on any atom is 0.106 e. The summed E-state index contributed by atoms with van der Waals surface area (Å²) in [7, 11) is 1.73. The molecule has 4 nitrogen and oxygen atoms in total.